The molecular weight excluding hydrogens is 667 g/mol. The predicted octanol–water partition coefficient (Wildman–Crippen LogP) is 7.65. The van der Waals surface area contributed by atoms with Crippen molar-refractivity contribution in [1.82, 2.24) is 20.2 Å². The maximum Gasteiger partial charge on any atom is 0.261 e. The first kappa shape index (κ1) is 34.1. The zero-order valence-corrected chi connectivity index (χ0v) is 29.2. The monoisotopic (exact) mass is 707 g/mol. The van der Waals surface area contributed by atoms with E-state index in [1.54, 1.807) is 48.5 Å². The van der Waals surface area contributed by atoms with Crippen LogP contribution < -0.4 is 15.0 Å². The number of para-hydroxylation sites is 2. The van der Waals surface area contributed by atoms with E-state index in [0.717, 1.165) is 43.7 Å². The summed E-state index contributed by atoms with van der Waals surface area (Å²) >= 11 is 0. The average molecular weight is 708 g/mol. The predicted molar refractivity (Wildman–Crippen MR) is 203 cm³/mol. The molecule has 0 radical (unpaired) electrons. The molecule has 0 bridgehead atoms. The fourth-order valence-corrected chi connectivity index (χ4v) is 7.64. The molecule has 0 aliphatic carbocycles. The lowest BCUT2D eigenvalue weighted by molar-refractivity contribution is 0.0703. The number of ether oxygens (including phenoxy) is 1. The molecule has 2 aliphatic rings. The molecule has 5 aromatic carbocycles. The fraction of sp³-hybridized carbons (Fsp3) is 0.233. The molecule has 2 atom stereocenters. The molecule has 10 heteroatoms. The number of nitrogens with zero attached hydrogens (tertiary/aromatic N) is 3. The maximum atomic E-state index is 14.1. The molecule has 4 N–H and O–H groups in total. The zero-order chi connectivity index (χ0) is 36.4. The highest BCUT2D eigenvalue weighted by molar-refractivity contribution is 6.12. The summed E-state index contributed by atoms with van der Waals surface area (Å²) in [6, 6.07) is 35.9. The van der Waals surface area contributed by atoms with Gasteiger partial charge in [-0.05, 0) is 93.4 Å². The van der Waals surface area contributed by atoms with Crippen LogP contribution in [-0.4, -0.2) is 56.5 Å². The summed E-state index contributed by atoms with van der Waals surface area (Å²) in [6.45, 7) is 2.37. The van der Waals surface area contributed by atoms with Crippen LogP contribution in [0, 0.1) is 0 Å². The SMILES string of the molecule is O=C(NCCCC(c1nc2cc(C3(O)c4ccccc4C(=O)N3c3cccc(Oc4ccccc4)c3)ccc2[nH]1)N1CCCCC1)c1ccccc1O. The van der Waals surface area contributed by atoms with Gasteiger partial charge in [0, 0.05) is 29.3 Å². The molecule has 10 nitrogen and oxygen atoms in total. The summed E-state index contributed by atoms with van der Waals surface area (Å²) in [7, 11) is 0. The molecule has 0 spiro atoms. The molecular formula is C43H41N5O5. The number of likely N-dealkylation sites (tertiary alicyclic amines) is 1. The van der Waals surface area contributed by atoms with E-state index in [1.165, 1.54) is 17.4 Å². The van der Waals surface area contributed by atoms with Gasteiger partial charge in [-0.15, -0.1) is 0 Å². The minimum absolute atomic E-state index is 0.00564. The van der Waals surface area contributed by atoms with Gasteiger partial charge in [0.15, 0.2) is 5.72 Å². The van der Waals surface area contributed by atoms with Crippen LogP contribution in [0.3, 0.4) is 0 Å². The Morgan fingerprint density at radius 2 is 1.62 bits per heavy atom. The molecule has 8 rings (SSSR count). The molecule has 268 valence electrons. The van der Waals surface area contributed by atoms with Gasteiger partial charge < -0.3 is 25.3 Å². The molecule has 6 aromatic rings. The largest absolute Gasteiger partial charge is 0.507 e. The molecule has 0 saturated carbocycles. The highest BCUT2D eigenvalue weighted by Gasteiger charge is 2.51. The molecule has 1 fully saturated rings. The lowest BCUT2D eigenvalue weighted by Crippen LogP contribution is -2.45. The Morgan fingerprint density at radius 1 is 0.868 bits per heavy atom. The standard InChI is InChI=1S/C43H41N5O5/c49-39-21-8-6-18-34(39)41(50)44-24-12-20-38(47-25-9-2-10-26-47)40-45-36-23-22-29(27-37(36)46-40)43(52)35-19-7-5-17-33(35)42(51)48(43)30-13-11-16-32(28-30)53-31-14-3-1-4-15-31/h1,3-8,11,13-19,21-23,27-28,38,49,52H,2,9-10,12,20,24-26H2,(H,44,50)(H,45,46). The highest BCUT2D eigenvalue weighted by atomic mass is 16.5. The van der Waals surface area contributed by atoms with E-state index in [-0.39, 0.29) is 29.2 Å². The van der Waals surface area contributed by atoms with E-state index in [1.807, 2.05) is 66.7 Å². The van der Waals surface area contributed by atoms with Crippen LogP contribution in [0.1, 0.15) is 75.8 Å². The van der Waals surface area contributed by atoms with Crippen molar-refractivity contribution in [1.29, 1.82) is 0 Å². The first-order chi connectivity index (χ1) is 25.9. The van der Waals surface area contributed by atoms with Crippen LogP contribution in [0.25, 0.3) is 11.0 Å². The first-order valence-corrected chi connectivity index (χ1v) is 18.2. The Bertz CT molecular complexity index is 2270. The van der Waals surface area contributed by atoms with Crippen molar-refractivity contribution in [3.63, 3.8) is 0 Å². The van der Waals surface area contributed by atoms with Crippen LogP contribution in [0.15, 0.2) is 121 Å². The van der Waals surface area contributed by atoms with E-state index in [4.69, 9.17) is 9.72 Å². The van der Waals surface area contributed by atoms with Gasteiger partial charge >= 0.3 is 0 Å². The lowest BCUT2D eigenvalue weighted by Gasteiger charge is -2.35. The number of carbonyl (C=O) groups is 2. The molecule has 2 aliphatic heterocycles. The van der Waals surface area contributed by atoms with Gasteiger partial charge in [0.25, 0.3) is 11.8 Å². The van der Waals surface area contributed by atoms with Crippen molar-refractivity contribution in [3.8, 4) is 17.2 Å². The Balaban J connectivity index is 1.09. The number of rotatable bonds is 11. The summed E-state index contributed by atoms with van der Waals surface area (Å²) in [4.78, 5) is 39.4. The topological polar surface area (TPSA) is 131 Å². The van der Waals surface area contributed by atoms with Crippen molar-refractivity contribution in [2.75, 3.05) is 24.5 Å². The smallest absolute Gasteiger partial charge is 0.261 e. The third kappa shape index (κ3) is 6.63. The van der Waals surface area contributed by atoms with E-state index >= 15 is 0 Å². The van der Waals surface area contributed by atoms with E-state index < -0.39 is 5.72 Å². The Kier molecular flexibility index (Phi) is 9.39. The fourth-order valence-electron chi connectivity index (χ4n) is 7.64. The number of phenols is 1. The van der Waals surface area contributed by atoms with Crippen molar-refractivity contribution >= 4 is 28.5 Å². The van der Waals surface area contributed by atoms with Gasteiger partial charge in [-0.3, -0.25) is 19.4 Å². The van der Waals surface area contributed by atoms with Gasteiger partial charge in [0.2, 0.25) is 0 Å². The second kappa shape index (κ2) is 14.6. The van der Waals surface area contributed by atoms with Crippen LogP contribution in [0.2, 0.25) is 0 Å². The van der Waals surface area contributed by atoms with Crippen molar-refractivity contribution < 1.29 is 24.5 Å². The summed E-state index contributed by atoms with van der Waals surface area (Å²) in [5.74, 6) is 1.36. The van der Waals surface area contributed by atoms with Crippen LogP contribution >= 0.6 is 0 Å². The van der Waals surface area contributed by atoms with E-state index in [9.17, 15) is 19.8 Å². The van der Waals surface area contributed by atoms with Gasteiger partial charge in [0.1, 0.15) is 23.1 Å². The Hall–Kier alpha value is -5.97. The normalized spacial score (nSPS) is 17.8. The number of hydrogen-bond donors (Lipinski definition) is 4. The number of amides is 2. The number of anilines is 1. The lowest BCUT2D eigenvalue weighted by atomic mass is 9.93. The summed E-state index contributed by atoms with van der Waals surface area (Å²) < 4.78 is 6.10. The van der Waals surface area contributed by atoms with Crippen LogP contribution in [-0.2, 0) is 5.72 Å². The number of nitrogens with one attached hydrogen (secondary N) is 2. The number of aromatic nitrogens is 2. The second-order valence-corrected chi connectivity index (χ2v) is 13.7. The number of benzene rings is 5. The summed E-state index contributed by atoms with van der Waals surface area (Å²) in [5.41, 5.74) is 1.86. The number of aromatic amines is 1. The quantitative estimate of drug-likeness (QED) is 0.102. The van der Waals surface area contributed by atoms with Gasteiger partial charge in [-0.2, -0.15) is 0 Å². The zero-order valence-electron chi connectivity index (χ0n) is 29.2. The molecule has 53 heavy (non-hydrogen) atoms. The number of hydrogen-bond acceptors (Lipinski definition) is 7. The third-order valence-electron chi connectivity index (χ3n) is 10.3. The number of H-pyrrole nitrogens is 1. The number of carbonyl (C=O) groups excluding carboxylic acids is 2. The first-order valence-electron chi connectivity index (χ1n) is 18.2. The molecule has 1 aromatic heterocycles. The highest BCUT2D eigenvalue weighted by Crippen LogP contribution is 2.46. The number of fused-ring (bicyclic) bond motifs is 2. The van der Waals surface area contributed by atoms with E-state index in [0.29, 0.717) is 52.4 Å². The second-order valence-electron chi connectivity index (χ2n) is 13.7. The minimum Gasteiger partial charge on any atom is -0.507 e. The molecule has 2 amide bonds. The van der Waals surface area contributed by atoms with Gasteiger partial charge in [0.05, 0.1) is 28.3 Å². The van der Waals surface area contributed by atoms with Gasteiger partial charge in [-0.25, -0.2) is 4.98 Å². The Labute approximate surface area is 307 Å². The molecule has 1 saturated heterocycles. The minimum atomic E-state index is -1.82. The Morgan fingerprint density at radius 3 is 2.45 bits per heavy atom. The number of aromatic hydroxyl groups is 1. The average Bonchev–Trinajstić information content (AvgIpc) is 3.71. The van der Waals surface area contributed by atoms with Crippen molar-refractivity contribution in [2.24, 2.45) is 0 Å². The number of piperidine rings is 1. The number of phenolic OH excluding ortho intramolecular Hbond substituents is 1. The molecule has 2 unspecified atom stereocenters. The van der Waals surface area contributed by atoms with Crippen molar-refractivity contribution in [3.05, 3.63) is 149 Å². The summed E-state index contributed by atoms with van der Waals surface area (Å²) in [6.07, 6.45) is 4.88. The number of aliphatic hydroxyl groups is 1. The summed E-state index contributed by atoms with van der Waals surface area (Å²) in [5, 5.41) is 25.9. The van der Waals surface area contributed by atoms with Crippen LogP contribution in [0.5, 0.6) is 17.2 Å². The molecule has 3 heterocycles. The van der Waals surface area contributed by atoms with Gasteiger partial charge in [-0.1, -0.05) is 67.1 Å². The van der Waals surface area contributed by atoms with E-state index in [2.05, 4.69) is 15.2 Å². The van der Waals surface area contributed by atoms with Crippen molar-refractivity contribution in [2.45, 2.75) is 43.9 Å². The number of imidazole rings is 1. The third-order valence-corrected chi connectivity index (χ3v) is 10.3. The maximum absolute atomic E-state index is 14.1. The van der Waals surface area contributed by atoms with Crippen LogP contribution in [0.4, 0.5) is 5.69 Å².